The van der Waals surface area contributed by atoms with Crippen LogP contribution in [0.4, 0.5) is 41.1 Å². The summed E-state index contributed by atoms with van der Waals surface area (Å²) in [6, 6.07) is -5.25. The maximum absolute atomic E-state index is 13.5. The molecule has 0 bridgehead atoms. The molecule has 13 heteroatoms. The molecular weight excluding hydrogens is 378 g/mol. The maximum atomic E-state index is 13.5. The molecule has 0 unspecified atom stereocenters. The van der Waals surface area contributed by atoms with Crippen LogP contribution >= 0.6 is 11.6 Å². The predicted molar refractivity (Wildman–Crippen MR) is 67.8 cm³/mol. The molecular formula is C11H9ClF8N3O-. The molecule has 0 saturated carbocycles. The van der Waals surface area contributed by atoms with Crippen molar-refractivity contribution in [3.8, 4) is 0 Å². The highest BCUT2D eigenvalue weighted by atomic mass is 35.5. The number of hydrogen-bond acceptors (Lipinski definition) is 4. The second kappa shape index (κ2) is 6.47. The molecule has 0 saturated heterocycles. The monoisotopic (exact) mass is 386 g/mol. The average molecular weight is 387 g/mol. The quantitative estimate of drug-likeness (QED) is 0.308. The first-order chi connectivity index (χ1) is 10.7. The van der Waals surface area contributed by atoms with Gasteiger partial charge in [0.05, 0.1) is 0 Å². The Labute approximate surface area is 135 Å². The van der Waals surface area contributed by atoms with Crippen LogP contribution in [-0.4, -0.2) is 34.3 Å². The molecule has 0 amide bonds. The van der Waals surface area contributed by atoms with Gasteiger partial charge in [-0.25, -0.2) is 18.7 Å². The molecule has 0 aliphatic carbocycles. The molecule has 0 aromatic carbocycles. The van der Waals surface area contributed by atoms with E-state index >= 15 is 0 Å². The van der Waals surface area contributed by atoms with Crippen molar-refractivity contribution in [1.29, 1.82) is 0 Å². The summed E-state index contributed by atoms with van der Waals surface area (Å²) in [5.74, 6) is -15.4. The second-order valence-corrected chi connectivity index (χ2v) is 5.29. The minimum atomic E-state index is -6.71. The van der Waals surface area contributed by atoms with E-state index < -0.39 is 46.4 Å². The fraction of sp³-hybridized carbons (Fsp3) is 0.636. The van der Waals surface area contributed by atoms with Crippen LogP contribution < -0.4 is 5.06 Å². The number of nitrogens with zero attached hydrogens (tertiary/aromatic N) is 3. The molecule has 4 nitrogen and oxygen atoms in total. The van der Waals surface area contributed by atoms with Crippen molar-refractivity contribution in [2.75, 3.05) is 5.06 Å². The Kier molecular flexibility index (Phi) is 5.55. The molecule has 0 atom stereocenters. The Balaban J connectivity index is 3.38. The average Bonchev–Trinajstić information content (AvgIpc) is 2.44. The molecule has 0 N–H and O–H groups in total. The van der Waals surface area contributed by atoms with Crippen molar-refractivity contribution in [3.63, 3.8) is 0 Å². The lowest BCUT2D eigenvalue weighted by Gasteiger charge is -2.42. The van der Waals surface area contributed by atoms with Crippen LogP contribution in [0.1, 0.15) is 25.5 Å². The predicted octanol–water partition coefficient (Wildman–Crippen LogP) is 4.69. The summed E-state index contributed by atoms with van der Waals surface area (Å²) in [6.45, 7) is 2.94. The SMILES string of the molecule is CC(C)c1cc(Cl)nc(N([O-])C(F)(F)C(F)(F)C(F)(F)C(F)F)n1. The van der Waals surface area contributed by atoms with Gasteiger partial charge in [0, 0.05) is 5.69 Å². The van der Waals surface area contributed by atoms with E-state index in [1.165, 1.54) is 13.8 Å². The first-order valence-corrected chi connectivity index (χ1v) is 6.47. The van der Waals surface area contributed by atoms with Crippen LogP contribution in [0.2, 0.25) is 5.15 Å². The lowest BCUT2D eigenvalue weighted by molar-refractivity contribution is -0.336. The van der Waals surface area contributed by atoms with Crippen molar-refractivity contribution in [2.24, 2.45) is 0 Å². The zero-order chi connectivity index (χ0) is 19.1. The van der Waals surface area contributed by atoms with Gasteiger partial charge < -0.3 is 10.3 Å². The molecule has 0 radical (unpaired) electrons. The highest BCUT2D eigenvalue weighted by Gasteiger charge is 2.76. The van der Waals surface area contributed by atoms with E-state index in [2.05, 4.69) is 9.97 Å². The molecule has 24 heavy (non-hydrogen) atoms. The fourth-order valence-corrected chi connectivity index (χ4v) is 1.59. The number of alkyl halides is 8. The zero-order valence-electron chi connectivity index (χ0n) is 11.9. The third kappa shape index (κ3) is 3.34. The number of aromatic nitrogens is 2. The highest BCUT2D eigenvalue weighted by Crippen LogP contribution is 2.50. The lowest BCUT2D eigenvalue weighted by atomic mass is 10.1. The van der Waals surface area contributed by atoms with Crippen LogP contribution in [0.15, 0.2) is 6.07 Å². The van der Waals surface area contributed by atoms with Crippen LogP contribution in [0.5, 0.6) is 0 Å². The van der Waals surface area contributed by atoms with Crippen molar-refractivity contribution < 1.29 is 35.1 Å². The summed E-state index contributed by atoms with van der Waals surface area (Å²) in [5, 5.41) is 8.87. The largest absolute Gasteiger partial charge is 0.752 e. The first-order valence-electron chi connectivity index (χ1n) is 6.09. The number of rotatable bonds is 6. The summed E-state index contributed by atoms with van der Waals surface area (Å²) >= 11 is 5.43. The summed E-state index contributed by atoms with van der Waals surface area (Å²) in [7, 11) is 0. The molecule has 0 spiro atoms. The Bertz CT molecular complexity index is 599. The van der Waals surface area contributed by atoms with Gasteiger partial charge in [-0.2, -0.15) is 26.3 Å². The van der Waals surface area contributed by atoms with Gasteiger partial charge in [0.25, 0.3) is 0 Å². The van der Waals surface area contributed by atoms with Gasteiger partial charge in [0.2, 0.25) is 5.95 Å². The van der Waals surface area contributed by atoms with Crippen LogP contribution in [0.25, 0.3) is 0 Å². The first kappa shape index (κ1) is 20.6. The van der Waals surface area contributed by atoms with Gasteiger partial charge in [-0.15, -0.1) is 0 Å². The molecule has 0 aliphatic heterocycles. The minimum Gasteiger partial charge on any atom is -0.752 e. The van der Waals surface area contributed by atoms with Gasteiger partial charge in [-0.1, -0.05) is 25.4 Å². The van der Waals surface area contributed by atoms with Gasteiger partial charge >= 0.3 is 24.3 Å². The maximum Gasteiger partial charge on any atom is 0.397 e. The van der Waals surface area contributed by atoms with E-state index in [1.54, 1.807) is 0 Å². The van der Waals surface area contributed by atoms with E-state index in [9.17, 15) is 40.3 Å². The van der Waals surface area contributed by atoms with Gasteiger partial charge in [-0.3, -0.25) is 0 Å². The molecule has 1 aromatic heterocycles. The van der Waals surface area contributed by atoms with E-state index in [4.69, 9.17) is 11.6 Å². The zero-order valence-corrected chi connectivity index (χ0v) is 12.6. The lowest BCUT2D eigenvalue weighted by Crippen LogP contribution is -2.63. The standard InChI is InChI=1S/C11H9ClF8N3O/c1-4(2)5-3-6(12)22-8(21-5)23(24)11(19,20)10(17,18)9(15,16)7(13)14/h3-4,7H,1-2H3/q-1. The fourth-order valence-electron chi connectivity index (χ4n) is 1.40. The number of hydrogen-bond donors (Lipinski definition) is 0. The van der Waals surface area contributed by atoms with E-state index in [-0.39, 0.29) is 5.69 Å². The Morgan fingerprint density at radius 3 is 2.00 bits per heavy atom. The summed E-state index contributed by atoms with van der Waals surface area (Å²) in [4.78, 5) is 6.16. The van der Waals surface area contributed by atoms with Gasteiger partial charge in [-0.05, 0) is 12.0 Å². The topological polar surface area (TPSA) is 52.1 Å². The molecule has 0 fully saturated rings. The number of anilines is 1. The van der Waals surface area contributed by atoms with Crippen molar-refractivity contribution in [2.45, 2.75) is 44.1 Å². The second-order valence-electron chi connectivity index (χ2n) is 4.90. The van der Waals surface area contributed by atoms with E-state index in [1.807, 2.05) is 0 Å². The van der Waals surface area contributed by atoms with Crippen molar-refractivity contribution >= 4 is 17.5 Å². The molecule has 1 heterocycles. The normalized spacial score (nSPS) is 13.8. The van der Waals surface area contributed by atoms with Crippen molar-refractivity contribution in [1.82, 2.24) is 9.97 Å². The molecule has 138 valence electrons. The van der Waals surface area contributed by atoms with Crippen LogP contribution in [-0.2, 0) is 0 Å². The van der Waals surface area contributed by atoms with E-state index in [0.29, 0.717) is 0 Å². The summed E-state index contributed by atoms with van der Waals surface area (Å²) in [5.41, 5.74) is -0.134. The highest BCUT2D eigenvalue weighted by molar-refractivity contribution is 6.29. The smallest absolute Gasteiger partial charge is 0.397 e. The summed E-state index contributed by atoms with van der Waals surface area (Å²) in [6.07, 6.45) is -5.14. The molecule has 1 aromatic rings. The van der Waals surface area contributed by atoms with E-state index in [0.717, 1.165) is 6.07 Å². The summed E-state index contributed by atoms with van der Waals surface area (Å²) < 4.78 is 103. The Morgan fingerprint density at radius 1 is 1.08 bits per heavy atom. The minimum absolute atomic E-state index is 0.134. The Hall–Kier alpha value is -1.43. The van der Waals surface area contributed by atoms with Gasteiger partial charge in [0.1, 0.15) is 5.15 Å². The van der Waals surface area contributed by atoms with Gasteiger partial charge in [0.15, 0.2) is 0 Å². The third-order valence-corrected chi connectivity index (χ3v) is 3.00. The number of hydroxylamine groups is 1. The van der Waals surface area contributed by atoms with Crippen LogP contribution in [0, 0.1) is 5.21 Å². The molecule has 1 rings (SSSR count). The van der Waals surface area contributed by atoms with Crippen LogP contribution in [0.3, 0.4) is 0 Å². The number of halogens is 9. The molecule has 0 aliphatic rings. The van der Waals surface area contributed by atoms with Crippen molar-refractivity contribution in [3.05, 3.63) is 22.1 Å². The third-order valence-electron chi connectivity index (χ3n) is 2.80. The Morgan fingerprint density at radius 2 is 1.58 bits per heavy atom.